The van der Waals surface area contributed by atoms with Gasteiger partial charge < -0.3 is 0 Å². The Hall–Kier alpha value is -1.93. The van der Waals surface area contributed by atoms with Crippen LogP contribution >= 0.6 is 11.6 Å². The average Bonchev–Trinajstić information content (AvgIpc) is 2.38. The molecular formula is C15H10ClFO. The first-order valence-corrected chi connectivity index (χ1v) is 5.71. The molecule has 0 saturated carbocycles. The topological polar surface area (TPSA) is 17.1 Å². The predicted molar refractivity (Wildman–Crippen MR) is 71.2 cm³/mol. The molecule has 0 aliphatic rings. The van der Waals surface area contributed by atoms with Crippen molar-refractivity contribution in [1.29, 1.82) is 0 Å². The van der Waals surface area contributed by atoms with Gasteiger partial charge in [-0.05, 0) is 42.0 Å². The van der Waals surface area contributed by atoms with E-state index in [1.165, 1.54) is 12.1 Å². The molecule has 0 aromatic heterocycles. The molecule has 0 saturated heterocycles. The molecule has 2 rings (SSSR count). The highest BCUT2D eigenvalue weighted by Crippen LogP contribution is 2.20. The summed E-state index contributed by atoms with van der Waals surface area (Å²) < 4.78 is 13.1. The van der Waals surface area contributed by atoms with Crippen LogP contribution in [0.15, 0.2) is 55.1 Å². The van der Waals surface area contributed by atoms with Gasteiger partial charge in [-0.15, -0.1) is 0 Å². The van der Waals surface area contributed by atoms with Crippen molar-refractivity contribution >= 4 is 23.0 Å². The molecule has 1 nitrogen and oxygen atoms in total. The van der Waals surface area contributed by atoms with E-state index >= 15 is 0 Å². The van der Waals surface area contributed by atoms with Crippen molar-refractivity contribution in [3.8, 4) is 0 Å². The van der Waals surface area contributed by atoms with Crippen LogP contribution in [0.5, 0.6) is 0 Å². The number of carbonyl (C=O) groups is 1. The van der Waals surface area contributed by atoms with Gasteiger partial charge in [-0.1, -0.05) is 30.3 Å². The summed E-state index contributed by atoms with van der Waals surface area (Å²) in [7, 11) is 0. The number of benzene rings is 2. The minimum absolute atomic E-state index is 0.239. The van der Waals surface area contributed by atoms with Crippen LogP contribution in [0.3, 0.4) is 0 Å². The molecule has 0 aliphatic carbocycles. The third-order valence-electron chi connectivity index (χ3n) is 2.55. The number of hydrogen-bond donors (Lipinski definition) is 0. The molecule has 0 N–H and O–H groups in total. The van der Waals surface area contributed by atoms with Crippen LogP contribution in [0.1, 0.15) is 15.9 Å². The van der Waals surface area contributed by atoms with Crippen LogP contribution < -0.4 is 0 Å². The summed E-state index contributed by atoms with van der Waals surface area (Å²) in [4.78, 5) is 12.1. The monoisotopic (exact) mass is 260 g/mol. The highest BCUT2D eigenvalue weighted by atomic mass is 35.5. The number of carbonyl (C=O) groups excluding carboxylic acids is 1. The van der Waals surface area contributed by atoms with E-state index < -0.39 is 5.82 Å². The van der Waals surface area contributed by atoms with Crippen LogP contribution in [-0.2, 0) is 0 Å². The molecule has 0 fully saturated rings. The fourth-order valence-electron chi connectivity index (χ4n) is 1.58. The summed E-state index contributed by atoms with van der Waals surface area (Å²) in [5, 5.41) is 0.558. The standard InChI is InChI=1S/C15H10ClFO/c1-10(12-3-2-4-14(17)9-12)15(18)11-5-7-13(16)8-6-11/h2-9H,1H2. The van der Waals surface area contributed by atoms with Crippen molar-refractivity contribution in [3.63, 3.8) is 0 Å². The maximum atomic E-state index is 13.1. The zero-order valence-electron chi connectivity index (χ0n) is 9.49. The fraction of sp³-hybridized carbons (Fsp3) is 0. The molecule has 0 aliphatic heterocycles. The van der Waals surface area contributed by atoms with Crippen molar-refractivity contribution in [2.75, 3.05) is 0 Å². The first-order valence-electron chi connectivity index (χ1n) is 5.33. The van der Waals surface area contributed by atoms with Crippen LogP contribution in [0, 0.1) is 5.82 Å². The third kappa shape index (κ3) is 2.66. The zero-order valence-corrected chi connectivity index (χ0v) is 10.2. The lowest BCUT2D eigenvalue weighted by Gasteiger charge is -2.05. The van der Waals surface area contributed by atoms with Gasteiger partial charge in [0.15, 0.2) is 5.78 Å². The second-order valence-corrected chi connectivity index (χ2v) is 4.26. The molecule has 3 heteroatoms. The Morgan fingerprint density at radius 3 is 2.33 bits per heavy atom. The molecule has 0 atom stereocenters. The number of halogens is 2. The van der Waals surface area contributed by atoms with Crippen molar-refractivity contribution in [2.24, 2.45) is 0 Å². The minimum atomic E-state index is -0.391. The maximum absolute atomic E-state index is 13.1. The Labute approximate surface area is 110 Å². The van der Waals surface area contributed by atoms with E-state index in [1.54, 1.807) is 36.4 Å². The molecule has 0 unspecified atom stereocenters. The number of Topliss-reactive ketones (excluding diaryl/α,β-unsaturated/α-hetero) is 1. The van der Waals surface area contributed by atoms with E-state index in [-0.39, 0.29) is 11.4 Å². The van der Waals surface area contributed by atoms with E-state index in [1.807, 2.05) is 0 Å². The first-order chi connectivity index (χ1) is 8.58. The Morgan fingerprint density at radius 2 is 1.72 bits per heavy atom. The van der Waals surface area contributed by atoms with Crippen LogP contribution in [-0.4, -0.2) is 5.78 Å². The summed E-state index contributed by atoms with van der Waals surface area (Å²) in [6.07, 6.45) is 0. The van der Waals surface area contributed by atoms with Crippen molar-refractivity contribution < 1.29 is 9.18 Å². The summed E-state index contributed by atoms with van der Waals surface area (Å²) in [5.74, 6) is -0.630. The maximum Gasteiger partial charge on any atom is 0.193 e. The molecule has 0 amide bonds. The lowest BCUT2D eigenvalue weighted by molar-refractivity contribution is 0.105. The van der Waals surface area contributed by atoms with Crippen LogP contribution in [0.4, 0.5) is 4.39 Å². The van der Waals surface area contributed by atoms with Crippen LogP contribution in [0.25, 0.3) is 5.57 Å². The summed E-state index contributed by atoms with van der Waals surface area (Å²) in [6, 6.07) is 12.3. The van der Waals surface area contributed by atoms with E-state index in [9.17, 15) is 9.18 Å². The van der Waals surface area contributed by atoms with E-state index in [4.69, 9.17) is 11.6 Å². The Morgan fingerprint density at radius 1 is 1.06 bits per heavy atom. The predicted octanol–water partition coefficient (Wildman–Crippen LogP) is 4.38. The van der Waals surface area contributed by atoms with Gasteiger partial charge in [0.25, 0.3) is 0 Å². The van der Waals surface area contributed by atoms with Gasteiger partial charge in [0, 0.05) is 16.2 Å². The zero-order chi connectivity index (χ0) is 13.1. The number of ketones is 1. The second kappa shape index (κ2) is 5.15. The first kappa shape index (κ1) is 12.5. The van der Waals surface area contributed by atoms with Gasteiger partial charge in [-0.25, -0.2) is 4.39 Å². The van der Waals surface area contributed by atoms with Gasteiger partial charge in [0.05, 0.1) is 0 Å². The van der Waals surface area contributed by atoms with Gasteiger partial charge in [0.1, 0.15) is 5.82 Å². The summed E-state index contributed by atoms with van der Waals surface area (Å²) >= 11 is 5.75. The fourth-order valence-corrected chi connectivity index (χ4v) is 1.71. The van der Waals surface area contributed by atoms with E-state index in [0.717, 1.165) is 0 Å². The Bertz CT molecular complexity index is 602. The van der Waals surface area contributed by atoms with Crippen LogP contribution in [0.2, 0.25) is 5.02 Å². The number of hydrogen-bond acceptors (Lipinski definition) is 1. The molecular weight excluding hydrogens is 251 g/mol. The van der Waals surface area contributed by atoms with Crippen molar-refractivity contribution in [2.45, 2.75) is 0 Å². The minimum Gasteiger partial charge on any atom is -0.289 e. The van der Waals surface area contributed by atoms with E-state index in [2.05, 4.69) is 6.58 Å². The molecule has 0 radical (unpaired) electrons. The second-order valence-electron chi connectivity index (χ2n) is 3.82. The normalized spacial score (nSPS) is 10.1. The lowest BCUT2D eigenvalue weighted by Crippen LogP contribution is -2.01. The Balaban J connectivity index is 2.29. The largest absolute Gasteiger partial charge is 0.289 e. The number of allylic oxidation sites excluding steroid dienone is 1. The molecule has 0 bridgehead atoms. The average molecular weight is 261 g/mol. The van der Waals surface area contributed by atoms with Gasteiger partial charge in [-0.3, -0.25) is 4.79 Å². The quantitative estimate of drug-likeness (QED) is 0.591. The van der Waals surface area contributed by atoms with Gasteiger partial charge in [-0.2, -0.15) is 0 Å². The van der Waals surface area contributed by atoms with Gasteiger partial charge >= 0.3 is 0 Å². The van der Waals surface area contributed by atoms with Gasteiger partial charge in [0.2, 0.25) is 0 Å². The smallest absolute Gasteiger partial charge is 0.193 e. The molecule has 2 aromatic rings. The molecule has 90 valence electrons. The lowest BCUT2D eigenvalue weighted by atomic mass is 9.98. The van der Waals surface area contributed by atoms with Crippen molar-refractivity contribution in [1.82, 2.24) is 0 Å². The third-order valence-corrected chi connectivity index (χ3v) is 2.81. The highest BCUT2D eigenvalue weighted by molar-refractivity contribution is 6.31. The Kier molecular flexibility index (Phi) is 3.58. The summed E-state index contributed by atoms with van der Waals surface area (Å²) in [6.45, 7) is 3.72. The van der Waals surface area contributed by atoms with Crippen molar-refractivity contribution in [3.05, 3.63) is 77.1 Å². The van der Waals surface area contributed by atoms with E-state index in [0.29, 0.717) is 16.1 Å². The highest BCUT2D eigenvalue weighted by Gasteiger charge is 2.12. The molecule has 2 aromatic carbocycles. The SMILES string of the molecule is C=C(C(=O)c1ccc(Cl)cc1)c1cccc(F)c1. The molecule has 0 spiro atoms. The summed E-state index contributed by atoms with van der Waals surface area (Å²) in [5.41, 5.74) is 1.22. The molecule has 18 heavy (non-hydrogen) atoms. The molecule has 0 heterocycles. The number of rotatable bonds is 3.